The summed E-state index contributed by atoms with van der Waals surface area (Å²) in [5, 5.41) is 1.71. The van der Waals surface area contributed by atoms with Gasteiger partial charge in [-0.05, 0) is 42.0 Å². The molecule has 132 valence electrons. The van der Waals surface area contributed by atoms with Gasteiger partial charge in [-0.15, -0.1) is 0 Å². The van der Waals surface area contributed by atoms with Crippen molar-refractivity contribution in [1.29, 1.82) is 0 Å². The molecule has 0 saturated carbocycles. The molecule has 3 heterocycles. The van der Waals surface area contributed by atoms with E-state index in [1.165, 1.54) is 0 Å². The van der Waals surface area contributed by atoms with Crippen molar-refractivity contribution in [3.8, 4) is 22.6 Å². The van der Waals surface area contributed by atoms with Crippen LogP contribution in [-0.4, -0.2) is 26.6 Å². The first-order valence-electron chi connectivity index (χ1n) is 8.47. The maximum atomic E-state index is 6.16. The maximum Gasteiger partial charge on any atom is 0.138 e. The van der Waals surface area contributed by atoms with E-state index in [4.69, 9.17) is 16.3 Å². The van der Waals surface area contributed by atoms with Gasteiger partial charge >= 0.3 is 0 Å². The van der Waals surface area contributed by atoms with E-state index in [-0.39, 0.29) is 0 Å². The monoisotopic (exact) mass is 374 g/mol. The zero-order valence-corrected chi connectivity index (χ0v) is 15.2. The number of rotatable bonds is 3. The lowest BCUT2D eigenvalue weighted by Gasteiger charge is -2.06. The van der Waals surface area contributed by atoms with Crippen molar-refractivity contribution in [2.24, 2.45) is 0 Å². The summed E-state index contributed by atoms with van der Waals surface area (Å²) in [6.45, 7) is 0. The van der Waals surface area contributed by atoms with Gasteiger partial charge in [0.05, 0.1) is 24.3 Å². The number of nitrogens with one attached hydrogen (secondary N) is 1. The van der Waals surface area contributed by atoms with Crippen molar-refractivity contribution in [2.75, 3.05) is 7.11 Å². The Labute approximate surface area is 160 Å². The summed E-state index contributed by atoms with van der Waals surface area (Å²) in [5.74, 6) is 0.730. The molecule has 0 spiro atoms. The first-order valence-corrected chi connectivity index (χ1v) is 8.85. The van der Waals surface area contributed by atoms with E-state index >= 15 is 0 Å². The van der Waals surface area contributed by atoms with Crippen LogP contribution >= 0.6 is 11.6 Å². The molecule has 5 aromatic rings. The van der Waals surface area contributed by atoms with Crippen molar-refractivity contribution < 1.29 is 4.74 Å². The van der Waals surface area contributed by atoms with E-state index in [0.717, 1.165) is 44.6 Å². The highest BCUT2D eigenvalue weighted by atomic mass is 35.5. The van der Waals surface area contributed by atoms with Crippen molar-refractivity contribution in [1.82, 2.24) is 19.5 Å². The van der Waals surface area contributed by atoms with Crippen LogP contribution in [-0.2, 0) is 0 Å². The predicted molar refractivity (Wildman–Crippen MR) is 108 cm³/mol. The van der Waals surface area contributed by atoms with Gasteiger partial charge in [0.2, 0.25) is 0 Å². The standard InChI is InChI=1S/C21H15ClN4O/c1-27-16-9-17-18(11-24-21(17)23-10-16)13-5-6-19-20(7-13)26(12-25-19)15-4-2-3-14(22)8-15/h2-12H,1H3,(H,23,24). The van der Waals surface area contributed by atoms with Crippen molar-refractivity contribution in [3.63, 3.8) is 0 Å². The zero-order chi connectivity index (χ0) is 18.4. The molecule has 0 aliphatic heterocycles. The van der Waals surface area contributed by atoms with E-state index in [2.05, 4.69) is 27.1 Å². The Kier molecular flexibility index (Phi) is 3.62. The number of ether oxygens (including phenoxy) is 1. The molecule has 3 aromatic heterocycles. The third-order valence-electron chi connectivity index (χ3n) is 4.69. The number of halogens is 1. The number of benzene rings is 2. The fraction of sp³-hybridized carbons (Fsp3) is 0.0476. The zero-order valence-electron chi connectivity index (χ0n) is 14.5. The van der Waals surface area contributed by atoms with Crippen molar-refractivity contribution in [2.45, 2.75) is 0 Å². The summed E-state index contributed by atoms with van der Waals surface area (Å²) in [5.41, 5.74) is 5.89. The van der Waals surface area contributed by atoms with Crippen LogP contribution in [0.15, 0.2) is 67.3 Å². The van der Waals surface area contributed by atoms with Crippen LogP contribution in [0, 0.1) is 0 Å². The first kappa shape index (κ1) is 15.9. The summed E-state index contributed by atoms with van der Waals surface area (Å²) in [4.78, 5) is 12.2. The third kappa shape index (κ3) is 2.64. The van der Waals surface area contributed by atoms with Gasteiger partial charge < -0.3 is 9.72 Å². The molecule has 0 unspecified atom stereocenters. The number of methoxy groups -OCH3 is 1. The smallest absolute Gasteiger partial charge is 0.138 e. The molecule has 2 aromatic carbocycles. The van der Waals surface area contributed by atoms with E-state index in [1.54, 1.807) is 13.3 Å². The van der Waals surface area contributed by atoms with E-state index < -0.39 is 0 Å². The number of aromatic nitrogens is 4. The summed E-state index contributed by atoms with van der Waals surface area (Å²) < 4.78 is 7.37. The largest absolute Gasteiger partial charge is 0.495 e. The molecule has 0 amide bonds. The van der Waals surface area contributed by atoms with Gasteiger partial charge in [0, 0.05) is 27.9 Å². The Morgan fingerprint density at radius 1 is 1.07 bits per heavy atom. The molecule has 1 N–H and O–H groups in total. The Balaban J connectivity index is 1.70. The van der Waals surface area contributed by atoms with Gasteiger partial charge in [0.1, 0.15) is 17.7 Å². The fourth-order valence-electron chi connectivity index (χ4n) is 3.34. The topological polar surface area (TPSA) is 55.7 Å². The van der Waals surface area contributed by atoms with E-state index in [9.17, 15) is 0 Å². The lowest BCUT2D eigenvalue weighted by Crippen LogP contribution is -1.91. The molecule has 0 aliphatic rings. The summed E-state index contributed by atoms with van der Waals surface area (Å²) in [6.07, 6.45) is 5.50. The number of hydrogen-bond acceptors (Lipinski definition) is 3. The quantitative estimate of drug-likeness (QED) is 0.470. The number of imidazole rings is 1. The molecule has 0 aliphatic carbocycles. The Morgan fingerprint density at radius 2 is 2.00 bits per heavy atom. The summed E-state index contributed by atoms with van der Waals surface area (Å²) in [7, 11) is 1.64. The van der Waals surface area contributed by atoms with Crippen LogP contribution in [0.5, 0.6) is 5.75 Å². The number of aromatic amines is 1. The number of nitrogens with zero attached hydrogens (tertiary/aromatic N) is 3. The normalized spacial score (nSPS) is 11.3. The van der Waals surface area contributed by atoms with Crippen LogP contribution < -0.4 is 4.74 Å². The third-order valence-corrected chi connectivity index (χ3v) is 4.92. The molecule has 5 nitrogen and oxygen atoms in total. The fourth-order valence-corrected chi connectivity index (χ4v) is 3.53. The van der Waals surface area contributed by atoms with E-state index in [0.29, 0.717) is 5.02 Å². The van der Waals surface area contributed by atoms with Gasteiger partial charge in [0.15, 0.2) is 0 Å². The molecule has 0 radical (unpaired) electrons. The number of fused-ring (bicyclic) bond motifs is 2. The minimum atomic E-state index is 0.695. The highest BCUT2D eigenvalue weighted by Gasteiger charge is 2.12. The van der Waals surface area contributed by atoms with Gasteiger partial charge in [-0.3, -0.25) is 4.57 Å². The van der Waals surface area contributed by atoms with Crippen molar-refractivity contribution in [3.05, 3.63) is 72.3 Å². The molecule has 0 saturated heterocycles. The Morgan fingerprint density at radius 3 is 2.85 bits per heavy atom. The lowest BCUT2D eigenvalue weighted by atomic mass is 10.1. The number of H-pyrrole nitrogens is 1. The average molecular weight is 375 g/mol. The molecular formula is C21H15ClN4O. The highest BCUT2D eigenvalue weighted by molar-refractivity contribution is 6.30. The number of pyridine rings is 1. The summed E-state index contributed by atoms with van der Waals surface area (Å²) in [6, 6.07) is 16.0. The van der Waals surface area contributed by atoms with Crippen LogP contribution in [0.4, 0.5) is 0 Å². The lowest BCUT2D eigenvalue weighted by molar-refractivity contribution is 0.414. The second-order valence-electron chi connectivity index (χ2n) is 6.27. The van der Waals surface area contributed by atoms with Gasteiger partial charge in [-0.1, -0.05) is 23.7 Å². The second-order valence-corrected chi connectivity index (χ2v) is 6.71. The van der Waals surface area contributed by atoms with Crippen LogP contribution in [0.1, 0.15) is 0 Å². The molecule has 27 heavy (non-hydrogen) atoms. The summed E-state index contributed by atoms with van der Waals surface area (Å²) >= 11 is 6.16. The molecule has 5 rings (SSSR count). The van der Waals surface area contributed by atoms with Crippen LogP contribution in [0.25, 0.3) is 38.9 Å². The van der Waals surface area contributed by atoms with Crippen molar-refractivity contribution >= 4 is 33.7 Å². The molecule has 6 heteroatoms. The second kappa shape index (κ2) is 6.14. The average Bonchev–Trinajstić information content (AvgIpc) is 3.31. The Bertz CT molecular complexity index is 1290. The van der Waals surface area contributed by atoms with Gasteiger partial charge in [-0.25, -0.2) is 9.97 Å². The SMILES string of the molecule is COc1cnc2[nH]cc(-c3ccc4ncn(-c5cccc(Cl)c5)c4c3)c2c1. The molecule has 0 atom stereocenters. The van der Waals surface area contributed by atoms with Gasteiger partial charge in [0.25, 0.3) is 0 Å². The minimum Gasteiger partial charge on any atom is -0.495 e. The molecule has 0 fully saturated rings. The minimum absolute atomic E-state index is 0.695. The highest BCUT2D eigenvalue weighted by Crippen LogP contribution is 2.32. The predicted octanol–water partition coefficient (Wildman–Crippen LogP) is 5.23. The number of hydrogen-bond donors (Lipinski definition) is 1. The maximum absolute atomic E-state index is 6.16. The molecular weight excluding hydrogens is 360 g/mol. The van der Waals surface area contributed by atoms with Gasteiger partial charge in [-0.2, -0.15) is 0 Å². The van der Waals surface area contributed by atoms with E-state index in [1.807, 2.05) is 53.5 Å². The van der Waals surface area contributed by atoms with Crippen LogP contribution in [0.3, 0.4) is 0 Å². The Hall–Kier alpha value is -3.31. The molecule has 0 bridgehead atoms. The van der Waals surface area contributed by atoms with Crippen LogP contribution in [0.2, 0.25) is 5.02 Å². The first-order chi connectivity index (χ1) is 13.2.